The fourth-order valence-corrected chi connectivity index (χ4v) is 0.751. The zero-order valence-electron chi connectivity index (χ0n) is 9.05. The summed E-state index contributed by atoms with van der Waals surface area (Å²) in [6.07, 6.45) is -0.570. The van der Waals surface area contributed by atoms with Gasteiger partial charge in [0.15, 0.2) is 0 Å². The largest absolute Gasteiger partial charge is 0.444 e. The molecule has 0 fully saturated rings. The highest BCUT2D eigenvalue weighted by molar-refractivity contribution is 5.68. The van der Waals surface area contributed by atoms with Gasteiger partial charge < -0.3 is 15.2 Å². The first kappa shape index (κ1) is 12.8. The third-order valence-electron chi connectivity index (χ3n) is 1.19. The van der Waals surface area contributed by atoms with Gasteiger partial charge in [-0.2, -0.15) is 0 Å². The van der Waals surface area contributed by atoms with Crippen LogP contribution in [0.15, 0.2) is 0 Å². The highest BCUT2D eigenvalue weighted by atomic mass is 16.6. The van der Waals surface area contributed by atoms with Gasteiger partial charge in [0.2, 0.25) is 0 Å². The molecule has 14 heavy (non-hydrogen) atoms. The Morgan fingerprint density at radius 2 is 2.14 bits per heavy atom. The average molecular weight is 199 g/mol. The standard InChI is InChI=1S/C10H17NO3/c1-5-6-8(7-12)11-9(13)14-10(2,3)4/h8,12H,7H2,1-4H3,(H,11,13)/t8-/m1/s1. The Morgan fingerprint density at radius 1 is 1.57 bits per heavy atom. The Labute approximate surface area is 84.6 Å². The first-order valence-corrected chi connectivity index (χ1v) is 4.41. The summed E-state index contributed by atoms with van der Waals surface area (Å²) in [4.78, 5) is 11.2. The van der Waals surface area contributed by atoms with Crippen molar-refractivity contribution in [1.82, 2.24) is 5.32 Å². The van der Waals surface area contributed by atoms with E-state index in [1.54, 1.807) is 27.7 Å². The van der Waals surface area contributed by atoms with Crippen LogP contribution in [-0.4, -0.2) is 29.4 Å². The van der Waals surface area contributed by atoms with Gasteiger partial charge in [0.25, 0.3) is 0 Å². The third-order valence-corrected chi connectivity index (χ3v) is 1.19. The summed E-state index contributed by atoms with van der Waals surface area (Å²) < 4.78 is 4.99. The van der Waals surface area contributed by atoms with Crippen LogP contribution in [0.3, 0.4) is 0 Å². The summed E-state index contributed by atoms with van der Waals surface area (Å²) in [5.74, 6) is 5.24. The lowest BCUT2D eigenvalue weighted by molar-refractivity contribution is 0.0501. The lowest BCUT2D eigenvalue weighted by atomic mass is 10.2. The molecule has 0 aliphatic rings. The molecule has 0 spiro atoms. The van der Waals surface area contributed by atoms with Crippen molar-refractivity contribution in [2.45, 2.75) is 39.3 Å². The number of alkyl carbamates (subject to hydrolysis) is 1. The van der Waals surface area contributed by atoms with Gasteiger partial charge in [0.1, 0.15) is 11.6 Å². The van der Waals surface area contributed by atoms with Gasteiger partial charge in [-0.1, -0.05) is 5.92 Å². The Hall–Kier alpha value is -1.21. The fourth-order valence-electron chi connectivity index (χ4n) is 0.751. The number of amides is 1. The van der Waals surface area contributed by atoms with Gasteiger partial charge in [-0.25, -0.2) is 4.79 Å². The first-order valence-electron chi connectivity index (χ1n) is 4.41. The van der Waals surface area contributed by atoms with E-state index in [0.29, 0.717) is 0 Å². The number of nitrogens with one attached hydrogen (secondary N) is 1. The van der Waals surface area contributed by atoms with Crippen LogP contribution in [-0.2, 0) is 4.74 Å². The number of aliphatic hydroxyl groups excluding tert-OH is 1. The molecule has 0 aromatic rings. The number of carbonyl (C=O) groups excluding carboxylic acids is 1. The maximum absolute atomic E-state index is 11.2. The minimum atomic E-state index is -0.570. The minimum absolute atomic E-state index is 0.222. The van der Waals surface area contributed by atoms with E-state index in [0.717, 1.165) is 0 Å². The number of carbonyl (C=O) groups is 1. The van der Waals surface area contributed by atoms with Gasteiger partial charge in [-0.3, -0.25) is 0 Å². The normalized spacial score (nSPS) is 12.4. The first-order chi connectivity index (χ1) is 6.39. The van der Waals surface area contributed by atoms with Crippen LogP contribution >= 0.6 is 0 Å². The summed E-state index contributed by atoms with van der Waals surface area (Å²) in [5, 5.41) is 11.3. The summed E-state index contributed by atoms with van der Waals surface area (Å²) in [5.41, 5.74) is -0.538. The SMILES string of the molecule is CC#C[C@H](CO)NC(=O)OC(C)(C)C. The van der Waals surface area contributed by atoms with Crippen LogP contribution in [0.25, 0.3) is 0 Å². The van der Waals surface area contributed by atoms with Gasteiger partial charge in [0.05, 0.1) is 6.61 Å². The van der Waals surface area contributed by atoms with Crippen LogP contribution < -0.4 is 5.32 Å². The Kier molecular flexibility index (Phi) is 5.03. The summed E-state index contributed by atoms with van der Waals surface area (Å²) in [6.45, 7) is 6.73. The summed E-state index contributed by atoms with van der Waals surface area (Å²) in [6, 6.07) is -0.560. The molecule has 0 heterocycles. The topological polar surface area (TPSA) is 58.6 Å². The number of hydrogen-bond acceptors (Lipinski definition) is 3. The van der Waals surface area contributed by atoms with E-state index in [1.165, 1.54) is 0 Å². The average Bonchev–Trinajstić information content (AvgIpc) is 2.00. The van der Waals surface area contributed by atoms with Gasteiger partial charge >= 0.3 is 6.09 Å². The van der Waals surface area contributed by atoms with Crippen molar-refractivity contribution in [3.05, 3.63) is 0 Å². The van der Waals surface area contributed by atoms with E-state index in [-0.39, 0.29) is 6.61 Å². The summed E-state index contributed by atoms with van der Waals surface area (Å²) in [7, 11) is 0. The maximum Gasteiger partial charge on any atom is 0.408 e. The second-order valence-corrected chi connectivity index (χ2v) is 3.78. The van der Waals surface area contributed by atoms with E-state index >= 15 is 0 Å². The minimum Gasteiger partial charge on any atom is -0.444 e. The molecule has 0 radical (unpaired) electrons. The van der Waals surface area contributed by atoms with Crippen LogP contribution in [0.2, 0.25) is 0 Å². The predicted molar refractivity (Wildman–Crippen MR) is 53.7 cm³/mol. The van der Waals surface area contributed by atoms with E-state index in [2.05, 4.69) is 17.2 Å². The molecular weight excluding hydrogens is 182 g/mol. The predicted octanol–water partition coefficient (Wildman–Crippen LogP) is 0.895. The Balaban J connectivity index is 4.08. The lowest BCUT2D eigenvalue weighted by Crippen LogP contribution is -2.40. The molecule has 0 aromatic heterocycles. The second-order valence-electron chi connectivity index (χ2n) is 3.78. The van der Waals surface area contributed by atoms with Crippen LogP contribution in [0.5, 0.6) is 0 Å². The van der Waals surface area contributed by atoms with Crippen molar-refractivity contribution in [2.75, 3.05) is 6.61 Å². The van der Waals surface area contributed by atoms with Crippen molar-refractivity contribution < 1.29 is 14.6 Å². The molecule has 1 atom stereocenters. The molecule has 0 unspecified atom stereocenters. The molecule has 2 N–H and O–H groups in total. The van der Waals surface area contributed by atoms with Gasteiger partial charge in [0, 0.05) is 0 Å². The monoisotopic (exact) mass is 199 g/mol. The molecule has 0 saturated carbocycles. The zero-order valence-corrected chi connectivity index (χ0v) is 9.05. The molecule has 0 aliphatic heterocycles. The lowest BCUT2D eigenvalue weighted by Gasteiger charge is -2.20. The van der Waals surface area contributed by atoms with Gasteiger partial charge in [-0.15, -0.1) is 5.92 Å². The van der Waals surface area contributed by atoms with E-state index in [4.69, 9.17) is 9.84 Å². The smallest absolute Gasteiger partial charge is 0.408 e. The molecule has 80 valence electrons. The van der Waals surface area contributed by atoms with Crippen molar-refractivity contribution in [1.29, 1.82) is 0 Å². The molecule has 0 rings (SSSR count). The number of rotatable bonds is 2. The number of hydrogen-bond donors (Lipinski definition) is 2. The molecule has 4 nitrogen and oxygen atoms in total. The molecule has 0 aliphatic carbocycles. The highest BCUT2D eigenvalue weighted by Gasteiger charge is 2.17. The molecule has 0 saturated heterocycles. The Morgan fingerprint density at radius 3 is 2.50 bits per heavy atom. The van der Waals surface area contributed by atoms with E-state index in [9.17, 15) is 4.79 Å². The fraction of sp³-hybridized carbons (Fsp3) is 0.700. The third kappa shape index (κ3) is 6.32. The number of aliphatic hydroxyl groups is 1. The molecule has 0 bridgehead atoms. The van der Waals surface area contributed by atoms with E-state index in [1.807, 2.05) is 0 Å². The molecular formula is C10H17NO3. The van der Waals surface area contributed by atoms with Gasteiger partial charge in [-0.05, 0) is 27.7 Å². The number of ether oxygens (including phenoxy) is 1. The second kappa shape index (κ2) is 5.51. The van der Waals surface area contributed by atoms with Crippen LogP contribution in [0.4, 0.5) is 4.79 Å². The molecule has 1 amide bonds. The summed E-state index contributed by atoms with van der Waals surface area (Å²) >= 11 is 0. The van der Waals surface area contributed by atoms with E-state index < -0.39 is 17.7 Å². The van der Waals surface area contributed by atoms with Crippen LogP contribution in [0.1, 0.15) is 27.7 Å². The van der Waals surface area contributed by atoms with Crippen molar-refractivity contribution in [3.63, 3.8) is 0 Å². The van der Waals surface area contributed by atoms with Crippen molar-refractivity contribution >= 4 is 6.09 Å². The quantitative estimate of drug-likeness (QED) is 0.649. The highest BCUT2D eigenvalue weighted by Crippen LogP contribution is 2.06. The van der Waals surface area contributed by atoms with Crippen LogP contribution in [0, 0.1) is 11.8 Å². The van der Waals surface area contributed by atoms with Crippen molar-refractivity contribution in [2.24, 2.45) is 0 Å². The zero-order chi connectivity index (χ0) is 11.2. The molecule has 0 aromatic carbocycles. The Bertz CT molecular complexity index is 244. The maximum atomic E-state index is 11.2. The molecule has 4 heteroatoms. The van der Waals surface area contributed by atoms with Crippen molar-refractivity contribution in [3.8, 4) is 11.8 Å².